The zero-order chi connectivity index (χ0) is 42.7. The number of aryl methyl sites for hydroxylation is 1. The monoisotopic (exact) mass is 798 g/mol. The van der Waals surface area contributed by atoms with Crippen molar-refractivity contribution in [2.24, 2.45) is 5.41 Å². The maximum Gasteiger partial charge on any atom is 0.333 e. The minimum Gasteiger partial charge on any atom is -0.494 e. The number of hydrogen-bond donors (Lipinski definition) is 0. The fraction of sp³-hybridized carbons (Fsp3) is 0.391. The van der Waals surface area contributed by atoms with Crippen molar-refractivity contribution in [3.63, 3.8) is 0 Å². The summed E-state index contributed by atoms with van der Waals surface area (Å²) < 4.78 is 33.9. The van der Waals surface area contributed by atoms with E-state index in [1.165, 1.54) is 20.8 Å². The number of hydrogen-bond acceptors (Lipinski definition) is 12. The standard InChI is InChI=1S/C46H54O12/c1-8-9-22-53-40-19-16-36(17-20-40)35-12-14-37(15-13-35)38-18-21-41(39(26-38)11-10-23-54-44(51)31(2)3)55-27-46(30-58-45(52)32(4)5,28-56-42(49)24-33(6)47)29-57-43(50)25-34(7)48/h12-21,26H,2,4,8-11,22-25,27-30H2,1,3,5-7H3. The summed E-state index contributed by atoms with van der Waals surface area (Å²) in [7, 11) is 0. The first-order valence-electron chi connectivity index (χ1n) is 19.2. The minimum absolute atomic E-state index is 0.0977. The Kier molecular flexibility index (Phi) is 18.6. The molecule has 0 saturated carbocycles. The van der Waals surface area contributed by atoms with Gasteiger partial charge in [-0.2, -0.15) is 0 Å². The van der Waals surface area contributed by atoms with Crippen LogP contribution in [0.3, 0.4) is 0 Å². The van der Waals surface area contributed by atoms with Crippen LogP contribution in [-0.4, -0.2) is 75.1 Å². The van der Waals surface area contributed by atoms with Crippen molar-refractivity contribution in [2.45, 2.75) is 73.1 Å². The van der Waals surface area contributed by atoms with Gasteiger partial charge in [0, 0.05) is 11.1 Å². The average molecular weight is 799 g/mol. The number of carbonyl (C=O) groups is 6. The molecule has 0 heterocycles. The van der Waals surface area contributed by atoms with Crippen molar-refractivity contribution in [1.29, 1.82) is 0 Å². The van der Waals surface area contributed by atoms with Crippen molar-refractivity contribution < 1.29 is 57.2 Å². The lowest BCUT2D eigenvalue weighted by Crippen LogP contribution is -2.44. The Balaban J connectivity index is 1.96. The molecule has 0 aliphatic heterocycles. The van der Waals surface area contributed by atoms with Crippen LogP contribution in [0, 0.1) is 5.41 Å². The zero-order valence-electron chi connectivity index (χ0n) is 34.1. The van der Waals surface area contributed by atoms with Crippen molar-refractivity contribution in [2.75, 3.05) is 39.6 Å². The lowest BCUT2D eigenvalue weighted by atomic mass is 9.91. The molecule has 0 radical (unpaired) electrons. The number of carbonyl (C=O) groups excluding carboxylic acids is 6. The Hall–Kier alpha value is -6.04. The summed E-state index contributed by atoms with van der Waals surface area (Å²) in [6.07, 6.45) is 1.89. The maximum atomic E-state index is 12.5. The van der Waals surface area contributed by atoms with E-state index in [1.807, 2.05) is 60.7 Å². The summed E-state index contributed by atoms with van der Waals surface area (Å²) in [5.41, 5.74) is 3.52. The van der Waals surface area contributed by atoms with Crippen LogP contribution >= 0.6 is 0 Å². The Labute approximate surface area is 340 Å². The van der Waals surface area contributed by atoms with E-state index < -0.39 is 73.5 Å². The van der Waals surface area contributed by atoms with Gasteiger partial charge in [-0.05, 0) is 99.0 Å². The van der Waals surface area contributed by atoms with Gasteiger partial charge in [0.15, 0.2) is 0 Å². The maximum absolute atomic E-state index is 12.5. The third-order valence-corrected chi connectivity index (χ3v) is 8.66. The lowest BCUT2D eigenvalue weighted by molar-refractivity contribution is -0.163. The van der Waals surface area contributed by atoms with Gasteiger partial charge in [-0.25, -0.2) is 9.59 Å². The van der Waals surface area contributed by atoms with Crippen LogP contribution in [0.15, 0.2) is 91.0 Å². The van der Waals surface area contributed by atoms with E-state index >= 15 is 0 Å². The number of unbranched alkanes of at least 4 members (excludes halogenated alkanes) is 1. The molecule has 58 heavy (non-hydrogen) atoms. The van der Waals surface area contributed by atoms with Crippen LogP contribution in [0.25, 0.3) is 22.3 Å². The molecule has 0 amide bonds. The molecule has 3 aromatic rings. The van der Waals surface area contributed by atoms with Gasteiger partial charge in [-0.1, -0.05) is 69.0 Å². The molecule has 0 unspecified atom stereocenters. The number of esters is 4. The van der Waals surface area contributed by atoms with Crippen LogP contribution in [-0.2, 0) is 54.1 Å². The average Bonchev–Trinajstić information content (AvgIpc) is 3.18. The van der Waals surface area contributed by atoms with Crippen molar-refractivity contribution in [1.82, 2.24) is 0 Å². The SMILES string of the molecule is C=C(C)C(=O)OCCCc1cc(-c2ccc(-c3ccc(OCCCC)cc3)cc2)ccc1OCC(COC(=O)CC(C)=O)(COC(=O)CC(C)=O)COC(=O)C(=C)C. The van der Waals surface area contributed by atoms with E-state index in [2.05, 4.69) is 20.1 Å². The van der Waals surface area contributed by atoms with Gasteiger partial charge in [-0.3, -0.25) is 19.2 Å². The Morgan fingerprint density at radius 2 is 1.03 bits per heavy atom. The summed E-state index contributed by atoms with van der Waals surface area (Å²) in [5, 5.41) is 0. The first-order valence-corrected chi connectivity index (χ1v) is 19.2. The van der Waals surface area contributed by atoms with E-state index in [-0.39, 0.29) is 24.4 Å². The molecular weight excluding hydrogens is 744 g/mol. The fourth-order valence-electron chi connectivity index (χ4n) is 5.38. The Bertz CT molecular complexity index is 1890. The smallest absolute Gasteiger partial charge is 0.333 e. The molecule has 3 aromatic carbocycles. The molecule has 0 bridgehead atoms. The number of ketones is 2. The van der Waals surface area contributed by atoms with Gasteiger partial charge in [0.25, 0.3) is 0 Å². The minimum atomic E-state index is -1.48. The molecule has 0 fully saturated rings. The van der Waals surface area contributed by atoms with E-state index in [0.717, 1.165) is 46.4 Å². The highest BCUT2D eigenvalue weighted by molar-refractivity contribution is 5.94. The molecule has 12 heteroatoms. The van der Waals surface area contributed by atoms with Crippen molar-refractivity contribution in [3.8, 4) is 33.8 Å². The van der Waals surface area contributed by atoms with Crippen LogP contribution in [0.5, 0.6) is 11.5 Å². The van der Waals surface area contributed by atoms with Crippen LogP contribution in [0.1, 0.15) is 72.3 Å². The van der Waals surface area contributed by atoms with Gasteiger partial charge < -0.3 is 28.4 Å². The van der Waals surface area contributed by atoms with Gasteiger partial charge in [0.2, 0.25) is 0 Å². The molecule has 12 nitrogen and oxygen atoms in total. The molecule has 0 saturated heterocycles. The number of benzene rings is 3. The topological polar surface area (TPSA) is 158 Å². The molecule has 0 spiro atoms. The van der Waals surface area contributed by atoms with E-state index in [9.17, 15) is 28.8 Å². The Morgan fingerprint density at radius 3 is 1.55 bits per heavy atom. The molecule has 0 aromatic heterocycles. The molecular formula is C46H54O12. The largest absolute Gasteiger partial charge is 0.494 e. The zero-order valence-corrected chi connectivity index (χ0v) is 34.1. The number of ether oxygens (including phenoxy) is 6. The summed E-state index contributed by atoms with van der Waals surface area (Å²) in [5.74, 6) is -2.55. The molecule has 0 aliphatic rings. The lowest BCUT2D eigenvalue weighted by Gasteiger charge is -2.32. The van der Waals surface area contributed by atoms with Crippen LogP contribution < -0.4 is 9.47 Å². The summed E-state index contributed by atoms with van der Waals surface area (Å²) >= 11 is 0. The highest BCUT2D eigenvalue weighted by Gasteiger charge is 2.38. The quantitative estimate of drug-likeness (QED) is 0.0270. The van der Waals surface area contributed by atoms with E-state index in [1.54, 1.807) is 13.0 Å². The second kappa shape index (κ2) is 23.3. The van der Waals surface area contributed by atoms with Gasteiger partial charge >= 0.3 is 23.9 Å². The summed E-state index contributed by atoms with van der Waals surface area (Å²) in [6, 6.07) is 21.7. The van der Waals surface area contributed by atoms with Crippen molar-refractivity contribution in [3.05, 3.63) is 96.6 Å². The summed E-state index contributed by atoms with van der Waals surface area (Å²) in [4.78, 5) is 72.9. The number of Topliss-reactive ketones (excluding diaryl/α,β-unsaturated/α-hetero) is 2. The van der Waals surface area contributed by atoms with Crippen LogP contribution in [0.4, 0.5) is 0 Å². The van der Waals surface area contributed by atoms with Gasteiger partial charge in [0.1, 0.15) is 67.7 Å². The Morgan fingerprint density at radius 1 is 0.552 bits per heavy atom. The van der Waals surface area contributed by atoms with Crippen LogP contribution in [0.2, 0.25) is 0 Å². The third-order valence-electron chi connectivity index (χ3n) is 8.66. The molecule has 0 aliphatic carbocycles. The predicted octanol–water partition coefficient (Wildman–Crippen LogP) is 7.78. The molecule has 0 N–H and O–H groups in total. The second-order valence-electron chi connectivity index (χ2n) is 14.4. The predicted molar refractivity (Wildman–Crippen MR) is 218 cm³/mol. The highest BCUT2D eigenvalue weighted by atomic mass is 16.6. The van der Waals surface area contributed by atoms with Crippen molar-refractivity contribution >= 4 is 35.4 Å². The normalized spacial score (nSPS) is 10.8. The molecule has 3 rings (SSSR count). The van der Waals surface area contributed by atoms with Gasteiger partial charge in [-0.15, -0.1) is 0 Å². The molecule has 0 atom stereocenters. The molecule has 310 valence electrons. The van der Waals surface area contributed by atoms with Gasteiger partial charge in [0.05, 0.1) is 13.2 Å². The number of rotatable bonds is 25. The summed E-state index contributed by atoms with van der Waals surface area (Å²) in [6.45, 7) is 14.0. The first kappa shape index (κ1) is 46.3. The third kappa shape index (κ3) is 15.8. The highest BCUT2D eigenvalue weighted by Crippen LogP contribution is 2.32. The fourth-order valence-corrected chi connectivity index (χ4v) is 5.38. The van der Waals surface area contributed by atoms with E-state index in [0.29, 0.717) is 25.2 Å². The van der Waals surface area contributed by atoms with E-state index in [4.69, 9.17) is 28.4 Å². The first-order chi connectivity index (χ1) is 27.6. The second-order valence-corrected chi connectivity index (χ2v) is 14.4.